The van der Waals surface area contributed by atoms with E-state index in [2.05, 4.69) is 14.8 Å². The monoisotopic (exact) mass is 753 g/mol. The van der Waals surface area contributed by atoms with Crippen LogP contribution in [0, 0.1) is 5.92 Å². The van der Waals surface area contributed by atoms with E-state index in [1.807, 2.05) is 50.4 Å². The summed E-state index contributed by atoms with van der Waals surface area (Å²) in [4.78, 5) is 37.3. The van der Waals surface area contributed by atoms with Gasteiger partial charge in [0.2, 0.25) is 0 Å². The average Bonchev–Trinajstić information content (AvgIpc) is 3.61. The van der Waals surface area contributed by atoms with E-state index >= 15 is 0 Å². The zero-order chi connectivity index (χ0) is 36.1. The van der Waals surface area contributed by atoms with Gasteiger partial charge in [-0.1, -0.05) is 53.5 Å². The number of nitrogens with zero attached hydrogens (tertiary/aromatic N) is 3. The number of benzene rings is 2. The Morgan fingerprint density at radius 2 is 1.71 bits per heavy atom. The maximum absolute atomic E-state index is 14.0. The molecule has 2 bridgehead atoms. The molecule has 270 valence electrons. The Morgan fingerprint density at radius 1 is 1.00 bits per heavy atom. The van der Waals surface area contributed by atoms with Gasteiger partial charge in [0.25, 0.3) is 6.29 Å². The highest BCUT2D eigenvalue weighted by atomic mass is 35.5. The summed E-state index contributed by atoms with van der Waals surface area (Å²) in [5.41, 5.74) is 0.460. The number of hydrogen-bond donors (Lipinski definition) is 0. The Balaban J connectivity index is 1.17. The molecule has 1 unspecified atom stereocenters. The molecule has 0 N–H and O–H groups in total. The molecule has 0 amide bonds. The first-order valence-corrected chi connectivity index (χ1v) is 18.3. The molecule has 4 aromatic rings. The number of rotatable bonds is 14. The van der Waals surface area contributed by atoms with Crippen LogP contribution in [-0.2, 0) is 26.2 Å². The fourth-order valence-electron chi connectivity index (χ4n) is 6.76. The van der Waals surface area contributed by atoms with E-state index in [0.29, 0.717) is 40.9 Å². The van der Waals surface area contributed by atoms with Crippen LogP contribution in [0.3, 0.4) is 0 Å². The minimum Gasteiger partial charge on any atom is -0.493 e. The molecule has 13 heteroatoms. The second-order valence-corrected chi connectivity index (χ2v) is 15.1. The lowest BCUT2D eigenvalue weighted by molar-refractivity contribution is -0.166. The Kier molecular flexibility index (Phi) is 11.7. The number of carbonyl (C=O) groups is 2. The summed E-state index contributed by atoms with van der Waals surface area (Å²) in [6.07, 6.45) is 3.58. The molecule has 3 fully saturated rings. The number of thiophene rings is 1. The van der Waals surface area contributed by atoms with Gasteiger partial charge in [0, 0.05) is 42.5 Å². The van der Waals surface area contributed by atoms with Gasteiger partial charge in [-0.2, -0.15) is 0 Å². The molecule has 2 aromatic carbocycles. The number of fused-ring (bicyclic) bond motifs is 3. The van der Waals surface area contributed by atoms with Crippen molar-refractivity contribution in [3.63, 3.8) is 0 Å². The van der Waals surface area contributed by atoms with Crippen LogP contribution in [0.1, 0.15) is 51.7 Å². The highest BCUT2D eigenvalue weighted by Gasteiger charge is 2.43. The number of aromatic nitrogens is 1. The summed E-state index contributed by atoms with van der Waals surface area (Å²) < 4.78 is 29.1. The predicted octanol–water partition coefficient (Wildman–Crippen LogP) is 7.43. The molecule has 0 radical (unpaired) electrons. The molecule has 3 aliphatic rings. The first-order valence-electron chi connectivity index (χ1n) is 16.7. The lowest BCUT2D eigenvalue weighted by Crippen LogP contribution is -2.54. The van der Waals surface area contributed by atoms with Gasteiger partial charge >= 0.3 is 11.9 Å². The summed E-state index contributed by atoms with van der Waals surface area (Å²) in [5, 5.41) is 0.307. The molecular formula is C38H41Cl2N3O7S. The number of likely N-dealkylation sites (N-methyl/N-ethyl adjacent to an activating group) is 1. The molecule has 3 saturated heterocycles. The smallest absolute Gasteiger partial charge is 0.351 e. The van der Waals surface area contributed by atoms with E-state index in [1.54, 1.807) is 24.3 Å². The number of halogens is 2. The van der Waals surface area contributed by atoms with Crippen LogP contribution in [0.4, 0.5) is 0 Å². The van der Waals surface area contributed by atoms with Crippen LogP contribution >= 0.6 is 34.5 Å². The highest BCUT2D eigenvalue weighted by molar-refractivity contribution is 7.13. The molecule has 3 aliphatic heterocycles. The fourth-order valence-corrected chi connectivity index (χ4v) is 8.18. The molecule has 5 heterocycles. The lowest BCUT2D eigenvalue weighted by Gasteiger charge is -2.45. The van der Waals surface area contributed by atoms with Crippen molar-refractivity contribution in [2.75, 3.05) is 47.4 Å². The molecule has 7 rings (SSSR count). The Hall–Kier alpha value is -3.87. The van der Waals surface area contributed by atoms with Gasteiger partial charge in [0.15, 0.2) is 17.2 Å². The Bertz CT molecular complexity index is 1810. The van der Waals surface area contributed by atoms with Crippen molar-refractivity contribution in [2.45, 2.75) is 44.1 Å². The van der Waals surface area contributed by atoms with Crippen LogP contribution in [-0.4, -0.2) is 80.3 Å². The Labute approximate surface area is 312 Å². The van der Waals surface area contributed by atoms with E-state index < -0.39 is 17.7 Å². The van der Waals surface area contributed by atoms with Gasteiger partial charge in [-0.3, -0.25) is 19.6 Å². The SMILES string of the molecule is COc1ccc([C@@H](OC(=O)c2ccc(CN(C)CC(C)(C(=O)O[C@H]3CN4CCC3CC4)c3ccccc3)s2)Oc2c(Cl)cncc2Cl)cc1OC. The third-order valence-corrected chi connectivity index (χ3v) is 11.1. The van der Waals surface area contributed by atoms with Crippen molar-refractivity contribution in [3.05, 3.63) is 104 Å². The number of esters is 2. The van der Waals surface area contributed by atoms with Gasteiger partial charge in [-0.25, -0.2) is 4.79 Å². The maximum Gasteiger partial charge on any atom is 0.351 e. The quantitative estimate of drug-likeness (QED) is 0.0955. The van der Waals surface area contributed by atoms with Crippen LogP contribution in [0.2, 0.25) is 10.0 Å². The van der Waals surface area contributed by atoms with Crippen molar-refractivity contribution in [3.8, 4) is 17.2 Å². The summed E-state index contributed by atoms with van der Waals surface area (Å²) in [6.45, 7) is 5.81. The molecule has 51 heavy (non-hydrogen) atoms. The predicted molar refractivity (Wildman–Crippen MR) is 196 cm³/mol. The second kappa shape index (κ2) is 16.2. The molecule has 10 nitrogen and oxygen atoms in total. The highest BCUT2D eigenvalue weighted by Crippen LogP contribution is 2.39. The molecule has 0 saturated carbocycles. The topological polar surface area (TPSA) is 99.7 Å². The van der Waals surface area contributed by atoms with E-state index in [0.717, 1.165) is 42.9 Å². The van der Waals surface area contributed by atoms with Crippen molar-refractivity contribution >= 4 is 46.5 Å². The molecule has 0 spiro atoms. The maximum atomic E-state index is 14.0. The molecule has 0 aliphatic carbocycles. The average molecular weight is 755 g/mol. The van der Waals surface area contributed by atoms with Crippen LogP contribution in [0.5, 0.6) is 17.2 Å². The largest absolute Gasteiger partial charge is 0.493 e. The van der Waals surface area contributed by atoms with Crippen molar-refractivity contribution in [1.82, 2.24) is 14.8 Å². The lowest BCUT2D eigenvalue weighted by atomic mass is 9.81. The third kappa shape index (κ3) is 8.45. The van der Waals surface area contributed by atoms with Crippen LogP contribution < -0.4 is 14.2 Å². The second-order valence-electron chi connectivity index (χ2n) is 13.1. The van der Waals surface area contributed by atoms with Gasteiger partial charge in [-0.15, -0.1) is 11.3 Å². The van der Waals surface area contributed by atoms with Crippen molar-refractivity contribution < 1.29 is 33.3 Å². The van der Waals surface area contributed by atoms with Gasteiger partial charge < -0.3 is 23.7 Å². The van der Waals surface area contributed by atoms with Gasteiger partial charge in [0.1, 0.15) is 26.4 Å². The first-order chi connectivity index (χ1) is 24.6. The number of carbonyl (C=O) groups excluding carboxylic acids is 2. The van der Waals surface area contributed by atoms with Crippen molar-refractivity contribution in [2.24, 2.45) is 5.92 Å². The number of piperidine rings is 3. The normalized spacial score (nSPS) is 19.9. The first kappa shape index (κ1) is 36.9. The zero-order valence-corrected chi connectivity index (χ0v) is 31.3. The van der Waals surface area contributed by atoms with E-state index in [1.165, 1.54) is 38.0 Å². The van der Waals surface area contributed by atoms with Crippen molar-refractivity contribution in [1.29, 1.82) is 0 Å². The van der Waals surface area contributed by atoms with Crippen LogP contribution in [0.25, 0.3) is 0 Å². The van der Waals surface area contributed by atoms with E-state index in [4.69, 9.17) is 46.9 Å². The standard InChI is InChI=1S/C38H41Cl2N3O7S/c1-38(26-8-6-5-7-9-26,37(45)48-32-22-43-16-14-24(32)15-17-43)23-42(2)21-27-11-13-33(51-27)35(44)50-36(49-34-28(39)19-41-20-29(34)40)25-10-12-30(46-3)31(18-25)47-4/h5-13,18-20,24,32,36H,14-17,21-23H2,1-4H3/t32-,36+,38?/m0/s1. The summed E-state index contributed by atoms with van der Waals surface area (Å²) >= 11 is 14.0. The summed E-state index contributed by atoms with van der Waals surface area (Å²) in [6, 6.07) is 18.4. The van der Waals surface area contributed by atoms with E-state index in [9.17, 15) is 9.59 Å². The minimum absolute atomic E-state index is 0.0865. The number of pyridine rings is 1. The Morgan fingerprint density at radius 3 is 2.35 bits per heavy atom. The fraction of sp³-hybridized carbons (Fsp3) is 0.395. The zero-order valence-electron chi connectivity index (χ0n) is 29.0. The molecule has 3 atom stereocenters. The van der Waals surface area contributed by atoms with Gasteiger partial charge in [0.05, 0.1) is 14.2 Å². The molecule has 2 aromatic heterocycles. The number of hydrogen-bond acceptors (Lipinski definition) is 11. The minimum atomic E-state index is -1.24. The number of methoxy groups -OCH3 is 2. The van der Waals surface area contributed by atoms with E-state index in [-0.39, 0.29) is 27.9 Å². The number of ether oxygens (including phenoxy) is 5. The summed E-state index contributed by atoms with van der Waals surface area (Å²) in [5.74, 6) is 0.618. The van der Waals surface area contributed by atoms with Crippen LogP contribution in [0.15, 0.2) is 73.1 Å². The third-order valence-electron chi connectivity index (χ3n) is 9.52. The molecular weight excluding hydrogens is 713 g/mol. The summed E-state index contributed by atoms with van der Waals surface area (Å²) in [7, 11) is 5.00. The van der Waals surface area contributed by atoms with Gasteiger partial charge in [-0.05, 0) is 81.7 Å².